The molecule has 1 rings (SSSR count). The topological polar surface area (TPSA) is 66.8 Å². The molecule has 0 aliphatic carbocycles. The maximum Gasteiger partial charge on any atom is 0.326 e. The second-order valence-electron chi connectivity index (χ2n) is 3.68. The van der Waals surface area contributed by atoms with Gasteiger partial charge in [-0.05, 0) is 19.3 Å². The van der Waals surface area contributed by atoms with Crippen molar-refractivity contribution in [3.63, 3.8) is 0 Å². The predicted molar refractivity (Wildman–Crippen MR) is 53.5 cm³/mol. The van der Waals surface area contributed by atoms with Crippen molar-refractivity contribution in [2.75, 3.05) is 20.3 Å². The Labute approximate surface area is 89.0 Å². The SMILES string of the molecule is COCCCC(C(=O)O)N1CCCC1=O. The van der Waals surface area contributed by atoms with E-state index < -0.39 is 12.0 Å². The van der Waals surface area contributed by atoms with Crippen LogP contribution in [0.2, 0.25) is 0 Å². The molecule has 1 heterocycles. The minimum atomic E-state index is -0.915. The molecule has 1 atom stereocenters. The molecular weight excluding hydrogens is 198 g/mol. The summed E-state index contributed by atoms with van der Waals surface area (Å²) in [6, 6.07) is -0.671. The quantitative estimate of drug-likeness (QED) is 0.655. The van der Waals surface area contributed by atoms with E-state index in [2.05, 4.69) is 0 Å². The van der Waals surface area contributed by atoms with Crippen LogP contribution in [-0.2, 0) is 14.3 Å². The molecule has 1 unspecified atom stereocenters. The molecule has 5 heteroatoms. The lowest BCUT2D eigenvalue weighted by Gasteiger charge is -2.23. The second kappa shape index (κ2) is 5.70. The van der Waals surface area contributed by atoms with Crippen LogP contribution in [0.15, 0.2) is 0 Å². The number of rotatable bonds is 6. The summed E-state index contributed by atoms with van der Waals surface area (Å²) in [5.74, 6) is -0.957. The van der Waals surface area contributed by atoms with Crippen LogP contribution >= 0.6 is 0 Å². The smallest absolute Gasteiger partial charge is 0.326 e. The van der Waals surface area contributed by atoms with Crippen molar-refractivity contribution in [3.8, 4) is 0 Å². The van der Waals surface area contributed by atoms with Crippen molar-refractivity contribution in [1.82, 2.24) is 4.90 Å². The van der Waals surface area contributed by atoms with E-state index in [1.165, 1.54) is 4.90 Å². The van der Waals surface area contributed by atoms with Crippen molar-refractivity contribution < 1.29 is 19.4 Å². The van der Waals surface area contributed by atoms with Gasteiger partial charge in [-0.15, -0.1) is 0 Å². The van der Waals surface area contributed by atoms with Gasteiger partial charge >= 0.3 is 5.97 Å². The van der Waals surface area contributed by atoms with Crippen LogP contribution < -0.4 is 0 Å². The van der Waals surface area contributed by atoms with Gasteiger partial charge in [0, 0.05) is 26.7 Å². The summed E-state index contributed by atoms with van der Waals surface area (Å²) in [7, 11) is 1.58. The first-order chi connectivity index (χ1) is 7.16. The molecule has 5 nitrogen and oxygen atoms in total. The van der Waals surface area contributed by atoms with Crippen molar-refractivity contribution in [1.29, 1.82) is 0 Å². The Hall–Kier alpha value is -1.10. The summed E-state index contributed by atoms with van der Waals surface area (Å²) in [6.07, 6.45) is 2.38. The standard InChI is InChI=1S/C10H17NO4/c1-15-7-3-4-8(10(13)14)11-6-2-5-9(11)12/h8H,2-7H2,1H3,(H,13,14). The lowest BCUT2D eigenvalue weighted by molar-refractivity contribution is -0.148. The molecule has 1 fully saturated rings. The number of amides is 1. The largest absolute Gasteiger partial charge is 0.480 e. The lowest BCUT2D eigenvalue weighted by Crippen LogP contribution is -2.42. The molecule has 1 amide bonds. The van der Waals surface area contributed by atoms with Crippen molar-refractivity contribution >= 4 is 11.9 Å². The van der Waals surface area contributed by atoms with Crippen LogP contribution in [0, 0.1) is 0 Å². The van der Waals surface area contributed by atoms with E-state index in [4.69, 9.17) is 9.84 Å². The first-order valence-electron chi connectivity index (χ1n) is 5.18. The summed E-state index contributed by atoms with van der Waals surface area (Å²) >= 11 is 0. The van der Waals surface area contributed by atoms with E-state index in [9.17, 15) is 9.59 Å². The van der Waals surface area contributed by atoms with Crippen molar-refractivity contribution in [2.24, 2.45) is 0 Å². The zero-order chi connectivity index (χ0) is 11.3. The van der Waals surface area contributed by atoms with Gasteiger partial charge in [0.05, 0.1) is 0 Å². The molecule has 0 aromatic heterocycles. The van der Waals surface area contributed by atoms with E-state index in [-0.39, 0.29) is 5.91 Å². The van der Waals surface area contributed by atoms with Crippen LogP contribution in [-0.4, -0.2) is 48.2 Å². The Morgan fingerprint density at radius 2 is 2.40 bits per heavy atom. The van der Waals surface area contributed by atoms with Crippen LogP contribution in [0.5, 0.6) is 0 Å². The number of carbonyl (C=O) groups is 2. The van der Waals surface area contributed by atoms with Gasteiger partial charge in [-0.25, -0.2) is 4.79 Å². The first kappa shape index (κ1) is 12.0. The van der Waals surface area contributed by atoms with E-state index in [0.29, 0.717) is 32.4 Å². The number of nitrogens with zero attached hydrogens (tertiary/aromatic N) is 1. The number of carboxylic acid groups (broad SMARTS) is 1. The molecule has 0 spiro atoms. The van der Waals surface area contributed by atoms with Gasteiger partial charge in [0.2, 0.25) is 5.91 Å². The van der Waals surface area contributed by atoms with Crippen LogP contribution in [0.25, 0.3) is 0 Å². The van der Waals surface area contributed by atoms with Crippen molar-refractivity contribution in [3.05, 3.63) is 0 Å². The van der Waals surface area contributed by atoms with E-state index in [0.717, 1.165) is 6.42 Å². The van der Waals surface area contributed by atoms with Crippen LogP contribution in [0.4, 0.5) is 0 Å². The third kappa shape index (κ3) is 3.20. The average Bonchev–Trinajstić information content (AvgIpc) is 2.59. The molecule has 0 bridgehead atoms. The minimum absolute atomic E-state index is 0.0418. The summed E-state index contributed by atoms with van der Waals surface area (Å²) in [5.41, 5.74) is 0. The van der Waals surface area contributed by atoms with Gasteiger partial charge in [-0.2, -0.15) is 0 Å². The fourth-order valence-electron chi connectivity index (χ4n) is 1.83. The zero-order valence-corrected chi connectivity index (χ0v) is 8.94. The normalized spacial score (nSPS) is 18.2. The highest BCUT2D eigenvalue weighted by molar-refractivity contribution is 5.84. The third-order valence-corrected chi connectivity index (χ3v) is 2.60. The van der Waals surface area contributed by atoms with Gasteiger partial charge in [0.1, 0.15) is 6.04 Å². The number of carboxylic acids is 1. The highest BCUT2D eigenvalue weighted by Crippen LogP contribution is 2.17. The molecule has 86 valence electrons. The van der Waals surface area contributed by atoms with Gasteiger partial charge in [-0.3, -0.25) is 4.79 Å². The van der Waals surface area contributed by atoms with Gasteiger partial charge in [0.25, 0.3) is 0 Å². The molecular formula is C10H17NO4. The summed E-state index contributed by atoms with van der Waals surface area (Å²) in [6.45, 7) is 1.11. The van der Waals surface area contributed by atoms with Crippen LogP contribution in [0.1, 0.15) is 25.7 Å². The Morgan fingerprint density at radius 1 is 1.67 bits per heavy atom. The second-order valence-corrected chi connectivity index (χ2v) is 3.68. The number of aliphatic carboxylic acids is 1. The number of ether oxygens (including phenoxy) is 1. The fraction of sp³-hybridized carbons (Fsp3) is 0.800. The van der Waals surface area contributed by atoms with Crippen molar-refractivity contribution in [2.45, 2.75) is 31.7 Å². The molecule has 0 aromatic carbocycles. The Kier molecular flexibility index (Phi) is 4.55. The number of likely N-dealkylation sites (tertiary alicyclic amines) is 1. The summed E-state index contributed by atoms with van der Waals surface area (Å²) in [5, 5.41) is 9.02. The van der Waals surface area contributed by atoms with E-state index in [1.807, 2.05) is 0 Å². The molecule has 1 saturated heterocycles. The number of hydrogen-bond donors (Lipinski definition) is 1. The molecule has 1 aliphatic heterocycles. The first-order valence-corrected chi connectivity index (χ1v) is 5.18. The molecule has 0 aromatic rings. The minimum Gasteiger partial charge on any atom is -0.480 e. The molecule has 1 N–H and O–H groups in total. The van der Waals surface area contributed by atoms with Gasteiger partial charge < -0.3 is 14.7 Å². The maximum atomic E-state index is 11.4. The Morgan fingerprint density at radius 3 is 2.87 bits per heavy atom. The van der Waals surface area contributed by atoms with Gasteiger partial charge in [0.15, 0.2) is 0 Å². The lowest BCUT2D eigenvalue weighted by atomic mass is 10.1. The highest BCUT2D eigenvalue weighted by atomic mass is 16.5. The predicted octanol–water partition coefficient (Wildman–Crippen LogP) is 0.489. The molecule has 0 saturated carbocycles. The fourth-order valence-corrected chi connectivity index (χ4v) is 1.83. The average molecular weight is 215 g/mol. The Balaban J connectivity index is 2.49. The maximum absolute atomic E-state index is 11.4. The molecule has 0 radical (unpaired) electrons. The van der Waals surface area contributed by atoms with Gasteiger partial charge in [-0.1, -0.05) is 0 Å². The van der Waals surface area contributed by atoms with Crippen LogP contribution in [0.3, 0.4) is 0 Å². The molecule has 15 heavy (non-hydrogen) atoms. The summed E-state index contributed by atoms with van der Waals surface area (Å²) < 4.78 is 4.87. The van der Waals surface area contributed by atoms with E-state index in [1.54, 1.807) is 7.11 Å². The third-order valence-electron chi connectivity index (χ3n) is 2.60. The zero-order valence-electron chi connectivity index (χ0n) is 8.94. The number of hydrogen-bond acceptors (Lipinski definition) is 3. The highest BCUT2D eigenvalue weighted by Gasteiger charge is 2.31. The number of carbonyl (C=O) groups excluding carboxylic acids is 1. The molecule has 1 aliphatic rings. The monoisotopic (exact) mass is 215 g/mol. The Bertz CT molecular complexity index is 242. The number of methoxy groups -OCH3 is 1. The summed E-state index contributed by atoms with van der Waals surface area (Å²) in [4.78, 5) is 23.8. The van der Waals surface area contributed by atoms with E-state index >= 15 is 0 Å².